The quantitative estimate of drug-likeness (QED) is 0.709. The average molecular weight is 253 g/mol. The summed E-state index contributed by atoms with van der Waals surface area (Å²) < 4.78 is 2.24. The molecule has 0 aliphatic carbocycles. The van der Waals surface area contributed by atoms with Crippen LogP contribution >= 0.6 is 0 Å². The van der Waals surface area contributed by atoms with Gasteiger partial charge in [0.2, 0.25) is 5.82 Å². The van der Waals surface area contributed by atoms with E-state index in [1.807, 2.05) is 0 Å². The maximum Gasteiger partial charge on any atom is 0.346 e. The highest BCUT2D eigenvalue weighted by Gasteiger charge is 2.28. The van der Waals surface area contributed by atoms with Crippen molar-refractivity contribution in [1.29, 1.82) is 0 Å². The van der Waals surface area contributed by atoms with Crippen LogP contribution in [-0.2, 0) is 14.1 Å². The lowest BCUT2D eigenvalue weighted by Gasteiger charge is -2.35. The van der Waals surface area contributed by atoms with Gasteiger partial charge in [0.1, 0.15) is 0 Å². The van der Waals surface area contributed by atoms with Crippen molar-refractivity contribution < 1.29 is 0 Å². The third-order valence-electron chi connectivity index (χ3n) is 3.45. The first-order valence-corrected chi connectivity index (χ1v) is 6.06. The largest absolute Gasteiger partial charge is 0.359 e. The van der Waals surface area contributed by atoms with Crippen LogP contribution in [0.3, 0.4) is 0 Å². The minimum absolute atomic E-state index is 0.151. The monoisotopic (exact) mass is 253 g/mol. The molecule has 2 N–H and O–H groups in total. The van der Waals surface area contributed by atoms with E-state index in [4.69, 9.17) is 0 Å². The van der Waals surface area contributed by atoms with E-state index < -0.39 is 5.69 Å². The van der Waals surface area contributed by atoms with Crippen LogP contribution in [-0.4, -0.2) is 33.0 Å². The van der Waals surface area contributed by atoms with Crippen LogP contribution in [0.1, 0.15) is 19.8 Å². The van der Waals surface area contributed by atoms with E-state index in [1.54, 1.807) is 0 Å². The predicted molar refractivity (Wildman–Crippen MR) is 68.9 cm³/mol. The van der Waals surface area contributed by atoms with Crippen molar-refractivity contribution >= 4 is 5.82 Å². The Kier molecular flexibility index (Phi) is 3.25. The third-order valence-corrected chi connectivity index (χ3v) is 3.45. The molecule has 100 valence electrons. The second-order valence-corrected chi connectivity index (χ2v) is 5.05. The predicted octanol–water partition coefficient (Wildman–Crippen LogP) is -0.967. The number of aromatic nitrogens is 3. The highest BCUT2D eigenvalue weighted by atomic mass is 16.2. The molecule has 1 fully saturated rings. The van der Waals surface area contributed by atoms with Gasteiger partial charge in [0, 0.05) is 19.6 Å². The third kappa shape index (κ3) is 2.31. The molecule has 7 heteroatoms. The summed E-state index contributed by atoms with van der Waals surface area (Å²) in [4.78, 5) is 23.5. The lowest BCUT2D eigenvalue weighted by Crippen LogP contribution is -2.48. The van der Waals surface area contributed by atoms with E-state index in [2.05, 4.69) is 22.7 Å². The molecule has 1 aliphatic rings. The molecule has 0 radical (unpaired) electrons. The summed E-state index contributed by atoms with van der Waals surface area (Å²) in [6, 6.07) is 0. The molecule has 1 aromatic heterocycles. The lowest BCUT2D eigenvalue weighted by atomic mass is 9.91. The second kappa shape index (κ2) is 4.56. The standard InChI is InChI=1S/C11H19N5O2/c1-11(4-6-12-7-5-11)13-8-9(17)15(2)10(18)16(3)14-8/h12H,4-7H2,1-3H3,(H,13,14). The first-order chi connectivity index (χ1) is 8.43. The molecule has 2 rings (SSSR count). The second-order valence-electron chi connectivity index (χ2n) is 5.05. The Hall–Kier alpha value is -1.63. The Morgan fingerprint density at radius 3 is 2.50 bits per heavy atom. The van der Waals surface area contributed by atoms with E-state index in [1.165, 1.54) is 18.8 Å². The Labute approximate surface area is 105 Å². The summed E-state index contributed by atoms with van der Waals surface area (Å²) in [6.45, 7) is 3.89. The van der Waals surface area contributed by atoms with Crippen LogP contribution in [0.4, 0.5) is 5.82 Å². The number of rotatable bonds is 2. The van der Waals surface area contributed by atoms with Crippen molar-refractivity contribution in [1.82, 2.24) is 19.7 Å². The number of nitrogens with one attached hydrogen (secondary N) is 2. The highest BCUT2D eigenvalue weighted by Crippen LogP contribution is 2.20. The van der Waals surface area contributed by atoms with Gasteiger partial charge in [-0.2, -0.15) is 0 Å². The summed E-state index contributed by atoms with van der Waals surface area (Å²) >= 11 is 0. The van der Waals surface area contributed by atoms with Gasteiger partial charge in [-0.05, 0) is 32.9 Å². The number of anilines is 1. The minimum atomic E-state index is -0.416. The van der Waals surface area contributed by atoms with Gasteiger partial charge in [0.15, 0.2) is 0 Å². The Bertz CT molecular complexity index is 554. The molecular formula is C11H19N5O2. The molecule has 1 aliphatic heterocycles. The summed E-state index contributed by atoms with van der Waals surface area (Å²) in [7, 11) is 3.00. The molecular weight excluding hydrogens is 234 g/mol. The van der Waals surface area contributed by atoms with Crippen LogP contribution < -0.4 is 21.9 Å². The first-order valence-electron chi connectivity index (χ1n) is 6.06. The number of nitrogens with zero attached hydrogens (tertiary/aromatic N) is 3. The zero-order valence-corrected chi connectivity index (χ0v) is 11.0. The fourth-order valence-electron chi connectivity index (χ4n) is 2.17. The fourth-order valence-corrected chi connectivity index (χ4v) is 2.17. The summed E-state index contributed by atoms with van der Waals surface area (Å²) in [5.41, 5.74) is -0.944. The molecule has 0 aromatic carbocycles. The Morgan fingerprint density at radius 1 is 1.28 bits per heavy atom. The van der Waals surface area contributed by atoms with E-state index >= 15 is 0 Å². The molecule has 0 bridgehead atoms. The molecule has 1 saturated heterocycles. The van der Waals surface area contributed by atoms with Crippen molar-refractivity contribution in [2.24, 2.45) is 14.1 Å². The summed E-state index contributed by atoms with van der Waals surface area (Å²) in [5.74, 6) is 0.240. The van der Waals surface area contributed by atoms with E-state index in [0.717, 1.165) is 30.5 Å². The number of piperidine rings is 1. The van der Waals surface area contributed by atoms with Gasteiger partial charge >= 0.3 is 5.69 Å². The molecule has 1 aromatic rings. The summed E-state index contributed by atoms with van der Waals surface area (Å²) in [5, 5.41) is 10.5. The van der Waals surface area contributed by atoms with Crippen molar-refractivity contribution in [3.05, 3.63) is 20.8 Å². The van der Waals surface area contributed by atoms with Crippen molar-refractivity contribution in [3.63, 3.8) is 0 Å². The van der Waals surface area contributed by atoms with Gasteiger partial charge in [-0.1, -0.05) is 0 Å². The Morgan fingerprint density at radius 2 is 1.89 bits per heavy atom. The molecule has 0 spiro atoms. The number of hydrogen-bond donors (Lipinski definition) is 2. The maximum absolute atomic E-state index is 12.0. The van der Waals surface area contributed by atoms with Crippen LogP contribution in [0.2, 0.25) is 0 Å². The van der Waals surface area contributed by atoms with Crippen LogP contribution in [0.15, 0.2) is 9.59 Å². The van der Waals surface area contributed by atoms with Gasteiger partial charge in [0.05, 0.1) is 0 Å². The molecule has 18 heavy (non-hydrogen) atoms. The zero-order chi connectivity index (χ0) is 13.3. The fraction of sp³-hybridized carbons (Fsp3) is 0.727. The first kappa shape index (κ1) is 12.8. The van der Waals surface area contributed by atoms with Gasteiger partial charge in [-0.25, -0.2) is 9.48 Å². The average Bonchev–Trinajstić information content (AvgIpc) is 2.34. The van der Waals surface area contributed by atoms with Gasteiger partial charge in [0.25, 0.3) is 5.56 Å². The van der Waals surface area contributed by atoms with Gasteiger partial charge in [-0.3, -0.25) is 9.36 Å². The maximum atomic E-state index is 12.0. The SMILES string of the molecule is Cn1nc(NC2(C)CCNCC2)c(=O)n(C)c1=O. The molecule has 0 saturated carbocycles. The Balaban J connectivity index is 2.35. The normalized spacial score (nSPS) is 18.6. The highest BCUT2D eigenvalue weighted by molar-refractivity contribution is 5.34. The zero-order valence-electron chi connectivity index (χ0n) is 11.0. The van der Waals surface area contributed by atoms with E-state index in [-0.39, 0.29) is 16.9 Å². The molecule has 0 amide bonds. The molecule has 0 unspecified atom stereocenters. The van der Waals surface area contributed by atoms with E-state index in [9.17, 15) is 9.59 Å². The molecule has 2 heterocycles. The van der Waals surface area contributed by atoms with Crippen LogP contribution in [0.5, 0.6) is 0 Å². The number of hydrogen-bond acceptors (Lipinski definition) is 5. The number of aryl methyl sites for hydroxylation is 1. The topological polar surface area (TPSA) is 81.0 Å². The van der Waals surface area contributed by atoms with Gasteiger partial charge in [-0.15, -0.1) is 5.10 Å². The minimum Gasteiger partial charge on any atom is -0.359 e. The van der Waals surface area contributed by atoms with E-state index in [0.29, 0.717) is 0 Å². The van der Waals surface area contributed by atoms with Gasteiger partial charge < -0.3 is 10.6 Å². The van der Waals surface area contributed by atoms with Crippen molar-refractivity contribution in [2.75, 3.05) is 18.4 Å². The molecule has 0 atom stereocenters. The van der Waals surface area contributed by atoms with Crippen LogP contribution in [0.25, 0.3) is 0 Å². The molecule has 7 nitrogen and oxygen atoms in total. The van der Waals surface area contributed by atoms with Crippen LogP contribution in [0, 0.1) is 0 Å². The smallest absolute Gasteiger partial charge is 0.346 e. The summed E-state index contributed by atoms with van der Waals surface area (Å²) in [6.07, 6.45) is 1.83. The van der Waals surface area contributed by atoms with Crippen molar-refractivity contribution in [3.8, 4) is 0 Å². The lowest BCUT2D eigenvalue weighted by molar-refractivity contribution is 0.362. The van der Waals surface area contributed by atoms with Crippen molar-refractivity contribution in [2.45, 2.75) is 25.3 Å².